The first-order valence-corrected chi connectivity index (χ1v) is 8.19. The quantitative estimate of drug-likeness (QED) is 0.692. The molecule has 0 radical (unpaired) electrons. The number of hydrogen-bond donors (Lipinski definition) is 0. The summed E-state index contributed by atoms with van der Waals surface area (Å²) in [6, 6.07) is 0. The molecule has 2 aliphatic rings. The van der Waals surface area contributed by atoms with Crippen LogP contribution in [0.4, 0.5) is 0 Å². The molecule has 2 heterocycles. The van der Waals surface area contributed by atoms with Crippen LogP contribution in [0.5, 0.6) is 0 Å². The summed E-state index contributed by atoms with van der Waals surface area (Å²) in [7, 11) is -3.15. The Kier molecular flexibility index (Phi) is 4.24. The topological polar surface area (TPSA) is 66.9 Å². The van der Waals surface area contributed by atoms with Crippen LogP contribution in [0.3, 0.4) is 0 Å². The molecule has 1 atom stereocenters. The zero-order valence-corrected chi connectivity index (χ0v) is 11.5. The molecule has 2 aliphatic heterocycles. The van der Waals surface area contributed by atoms with Crippen molar-refractivity contribution in [2.45, 2.75) is 25.4 Å². The van der Waals surface area contributed by atoms with Crippen molar-refractivity contribution in [1.82, 2.24) is 9.21 Å². The van der Waals surface area contributed by atoms with E-state index < -0.39 is 10.0 Å². The Bertz CT molecular complexity index is 403. The fraction of sp³-hybridized carbons (Fsp3) is 0.909. The van der Waals surface area contributed by atoms with Gasteiger partial charge in [0, 0.05) is 32.8 Å². The van der Waals surface area contributed by atoms with E-state index in [9.17, 15) is 13.2 Å². The van der Waals surface area contributed by atoms with Crippen molar-refractivity contribution in [3.8, 4) is 0 Å². The monoisotopic (exact) mass is 276 g/mol. The molecule has 0 N–H and O–H groups in total. The van der Waals surface area contributed by atoms with Crippen LogP contribution in [0, 0.1) is 0 Å². The maximum atomic E-state index is 12.1. The highest BCUT2D eigenvalue weighted by Crippen LogP contribution is 2.16. The summed E-state index contributed by atoms with van der Waals surface area (Å²) in [6.07, 6.45) is 3.30. The second kappa shape index (κ2) is 5.54. The van der Waals surface area contributed by atoms with E-state index in [0.717, 1.165) is 12.8 Å². The van der Waals surface area contributed by atoms with Gasteiger partial charge < -0.3 is 9.64 Å². The predicted octanol–water partition coefficient (Wildman–Crippen LogP) is -0.341. The fourth-order valence-electron chi connectivity index (χ4n) is 2.42. The van der Waals surface area contributed by atoms with Crippen molar-refractivity contribution < 1.29 is 17.9 Å². The molecule has 7 heteroatoms. The van der Waals surface area contributed by atoms with Gasteiger partial charge in [-0.05, 0) is 19.3 Å². The molecule has 0 unspecified atom stereocenters. The van der Waals surface area contributed by atoms with Crippen molar-refractivity contribution in [3.63, 3.8) is 0 Å². The second-order valence-electron chi connectivity index (χ2n) is 4.84. The molecule has 0 aliphatic carbocycles. The van der Waals surface area contributed by atoms with E-state index in [1.165, 1.54) is 10.6 Å². The van der Waals surface area contributed by atoms with Gasteiger partial charge >= 0.3 is 0 Å². The third-order valence-corrected chi connectivity index (χ3v) is 4.74. The lowest BCUT2D eigenvalue weighted by molar-refractivity contribution is -0.140. The van der Waals surface area contributed by atoms with Crippen LogP contribution in [-0.2, 0) is 19.6 Å². The van der Waals surface area contributed by atoms with E-state index >= 15 is 0 Å². The maximum absolute atomic E-state index is 12.1. The Hall–Kier alpha value is -0.660. The van der Waals surface area contributed by atoms with Gasteiger partial charge in [0.05, 0.1) is 6.26 Å². The van der Waals surface area contributed by atoms with Crippen LogP contribution < -0.4 is 0 Å². The van der Waals surface area contributed by atoms with Gasteiger partial charge in [-0.2, -0.15) is 0 Å². The van der Waals surface area contributed by atoms with Gasteiger partial charge in [-0.25, -0.2) is 12.7 Å². The van der Waals surface area contributed by atoms with Crippen molar-refractivity contribution in [3.05, 3.63) is 0 Å². The standard InChI is InChI=1S/C11H20N2O4S/c1-18(15,16)13-6-3-5-12(7-8-13)11(14)10-4-2-9-17-10/h10H,2-9H2,1H3/t10-/m1/s1. The van der Waals surface area contributed by atoms with E-state index in [-0.39, 0.29) is 12.0 Å². The first-order chi connectivity index (χ1) is 8.48. The molecular formula is C11H20N2O4S. The summed E-state index contributed by atoms with van der Waals surface area (Å²) in [4.78, 5) is 13.9. The molecule has 18 heavy (non-hydrogen) atoms. The molecule has 6 nitrogen and oxygen atoms in total. The Morgan fingerprint density at radius 2 is 1.94 bits per heavy atom. The lowest BCUT2D eigenvalue weighted by Crippen LogP contribution is -2.41. The maximum Gasteiger partial charge on any atom is 0.251 e. The Balaban J connectivity index is 1.94. The minimum atomic E-state index is -3.15. The number of hydrogen-bond acceptors (Lipinski definition) is 4. The van der Waals surface area contributed by atoms with Gasteiger partial charge in [0.15, 0.2) is 0 Å². The second-order valence-corrected chi connectivity index (χ2v) is 6.82. The average Bonchev–Trinajstić information content (AvgIpc) is 2.70. The Morgan fingerprint density at radius 1 is 1.17 bits per heavy atom. The summed E-state index contributed by atoms with van der Waals surface area (Å²) in [6.45, 7) is 2.61. The summed E-state index contributed by atoms with van der Waals surface area (Å²) >= 11 is 0. The van der Waals surface area contributed by atoms with Gasteiger partial charge in [-0.15, -0.1) is 0 Å². The molecular weight excluding hydrogens is 256 g/mol. The SMILES string of the molecule is CS(=O)(=O)N1CCCN(C(=O)[C@H]2CCCO2)CC1. The van der Waals surface area contributed by atoms with Crippen LogP contribution in [0.2, 0.25) is 0 Å². The highest BCUT2D eigenvalue weighted by atomic mass is 32.2. The highest BCUT2D eigenvalue weighted by Gasteiger charge is 2.30. The number of carbonyl (C=O) groups is 1. The van der Waals surface area contributed by atoms with Crippen LogP contribution in [0.15, 0.2) is 0 Å². The molecule has 0 aromatic carbocycles. The minimum absolute atomic E-state index is 0.0165. The smallest absolute Gasteiger partial charge is 0.251 e. The number of carbonyl (C=O) groups excluding carboxylic acids is 1. The van der Waals surface area contributed by atoms with Gasteiger partial charge in [-0.1, -0.05) is 0 Å². The number of ether oxygens (including phenoxy) is 1. The van der Waals surface area contributed by atoms with E-state index in [1.807, 2.05) is 0 Å². The van der Waals surface area contributed by atoms with Crippen molar-refractivity contribution in [1.29, 1.82) is 0 Å². The molecule has 2 rings (SSSR count). The summed E-state index contributed by atoms with van der Waals surface area (Å²) < 4.78 is 29.8. The molecule has 0 saturated carbocycles. The highest BCUT2D eigenvalue weighted by molar-refractivity contribution is 7.88. The van der Waals surface area contributed by atoms with Crippen LogP contribution in [0.25, 0.3) is 0 Å². The molecule has 0 spiro atoms. The van der Waals surface area contributed by atoms with Crippen molar-refractivity contribution >= 4 is 15.9 Å². The third-order valence-electron chi connectivity index (χ3n) is 3.44. The van der Waals surface area contributed by atoms with Crippen molar-refractivity contribution in [2.75, 3.05) is 39.0 Å². The molecule has 104 valence electrons. The minimum Gasteiger partial charge on any atom is -0.368 e. The fourth-order valence-corrected chi connectivity index (χ4v) is 3.30. The normalized spacial score (nSPS) is 27.2. The number of nitrogens with zero attached hydrogens (tertiary/aromatic N) is 2. The molecule has 1 amide bonds. The van der Waals surface area contributed by atoms with E-state index in [0.29, 0.717) is 39.2 Å². The molecule has 0 aromatic heterocycles. The van der Waals surface area contributed by atoms with E-state index in [1.54, 1.807) is 4.90 Å². The van der Waals surface area contributed by atoms with Gasteiger partial charge in [-0.3, -0.25) is 4.79 Å². The Morgan fingerprint density at radius 3 is 2.56 bits per heavy atom. The molecule has 2 saturated heterocycles. The Labute approximate surface area is 108 Å². The van der Waals surface area contributed by atoms with E-state index in [2.05, 4.69) is 0 Å². The van der Waals surface area contributed by atoms with Crippen LogP contribution >= 0.6 is 0 Å². The molecule has 0 aromatic rings. The molecule has 0 bridgehead atoms. The first kappa shape index (κ1) is 13.8. The zero-order valence-electron chi connectivity index (χ0n) is 10.7. The van der Waals surface area contributed by atoms with Gasteiger partial charge in [0.2, 0.25) is 10.0 Å². The largest absolute Gasteiger partial charge is 0.368 e. The number of sulfonamides is 1. The predicted molar refractivity (Wildman–Crippen MR) is 66.6 cm³/mol. The van der Waals surface area contributed by atoms with Gasteiger partial charge in [0.25, 0.3) is 5.91 Å². The lowest BCUT2D eigenvalue weighted by atomic mass is 10.2. The first-order valence-electron chi connectivity index (χ1n) is 6.34. The summed E-state index contributed by atoms with van der Waals surface area (Å²) in [5.41, 5.74) is 0. The number of amides is 1. The number of rotatable bonds is 2. The lowest BCUT2D eigenvalue weighted by Gasteiger charge is -2.23. The summed E-state index contributed by atoms with van der Waals surface area (Å²) in [5.74, 6) is 0.0165. The van der Waals surface area contributed by atoms with Crippen molar-refractivity contribution in [2.24, 2.45) is 0 Å². The van der Waals surface area contributed by atoms with Crippen LogP contribution in [0.1, 0.15) is 19.3 Å². The van der Waals surface area contributed by atoms with Gasteiger partial charge in [0.1, 0.15) is 6.10 Å². The van der Waals surface area contributed by atoms with E-state index in [4.69, 9.17) is 4.74 Å². The average molecular weight is 276 g/mol. The third kappa shape index (κ3) is 3.21. The molecule has 2 fully saturated rings. The summed E-state index contributed by atoms with van der Waals surface area (Å²) in [5, 5.41) is 0. The van der Waals surface area contributed by atoms with Crippen LogP contribution in [-0.4, -0.2) is 68.7 Å². The zero-order chi connectivity index (χ0) is 13.2.